The molecule has 4 heteroatoms. The van der Waals surface area contributed by atoms with Crippen LogP contribution in [0.4, 0.5) is 0 Å². The summed E-state index contributed by atoms with van der Waals surface area (Å²) < 4.78 is 2.28. The van der Waals surface area contributed by atoms with Crippen LogP contribution in [0.2, 0.25) is 0 Å². The highest BCUT2D eigenvalue weighted by Crippen LogP contribution is 2.21. The smallest absolute Gasteiger partial charge is 0.137 e. The first kappa shape index (κ1) is 10.6. The first-order valence-corrected chi connectivity index (χ1v) is 5.87. The number of aryl methyl sites for hydroxylation is 1. The minimum Gasteiger partial charge on any atom is -0.327 e. The second-order valence-electron chi connectivity index (χ2n) is 4.58. The van der Waals surface area contributed by atoms with Gasteiger partial charge in [-0.1, -0.05) is 13.3 Å². The SMILES string of the molecule is CC(N)C(C)c1nnc2n1CCCCC2. The Morgan fingerprint density at radius 1 is 1.20 bits per heavy atom. The van der Waals surface area contributed by atoms with Crippen LogP contribution in [-0.2, 0) is 13.0 Å². The number of nitrogens with two attached hydrogens (primary N) is 1. The molecule has 0 saturated carbocycles. The minimum atomic E-state index is 0.140. The first-order chi connectivity index (χ1) is 7.20. The number of rotatable bonds is 2. The average molecular weight is 208 g/mol. The van der Waals surface area contributed by atoms with Crippen LogP contribution < -0.4 is 5.73 Å². The summed E-state index contributed by atoms with van der Waals surface area (Å²) in [6, 6.07) is 0.140. The number of nitrogens with zero attached hydrogens (tertiary/aromatic N) is 3. The normalized spacial score (nSPS) is 20.5. The van der Waals surface area contributed by atoms with E-state index < -0.39 is 0 Å². The van der Waals surface area contributed by atoms with E-state index in [0.29, 0.717) is 5.92 Å². The molecule has 2 unspecified atom stereocenters. The monoisotopic (exact) mass is 208 g/mol. The van der Waals surface area contributed by atoms with Crippen molar-refractivity contribution >= 4 is 0 Å². The number of hydrogen-bond acceptors (Lipinski definition) is 3. The lowest BCUT2D eigenvalue weighted by Gasteiger charge is -2.16. The average Bonchev–Trinajstić information content (AvgIpc) is 2.46. The lowest BCUT2D eigenvalue weighted by Crippen LogP contribution is -2.25. The molecule has 1 aliphatic rings. The van der Waals surface area contributed by atoms with Gasteiger partial charge in [-0.05, 0) is 19.8 Å². The summed E-state index contributed by atoms with van der Waals surface area (Å²) in [5.74, 6) is 2.52. The summed E-state index contributed by atoms with van der Waals surface area (Å²) in [6.07, 6.45) is 4.85. The number of hydrogen-bond donors (Lipinski definition) is 1. The third-order valence-corrected chi connectivity index (χ3v) is 3.33. The zero-order chi connectivity index (χ0) is 10.8. The van der Waals surface area contributed by atoms with E-state index in [1.54, 1.807) is 0 Å². The highest BCUT2D eigenvalue weighted by atomic mass is 15.3. The number of aromatic nitrogens is 3. The van der Waals surface area contributed by atoms with Crippen molar-refractivity contribution in [3.05, 3.63) is 11.6 Å². The molecule has 0 saturated heterocycles. The summed E-state index contributed by atoms with van der Waals surface area (Å²) in [5, 5.41) is 8.57. The molecule has 0 amide bonds. The molecule has 0 bridgehead atoms. The Hall–Kier alpha value is -0.900. The molecule has 2 heterocycles. The Bertz CT molecular complexity index is 329. The van der Waals surface area contributed by atoms with Gasteiger partial charge in [-0.2, -0.15) is 0 Å². The zero-order valence-corrected chi connectivity index (χ0v) is 9.61. The van der Waals surface area contributed by atoms with Crippen molar-refractivity contribution in [3.8, 4) is 0 Å². The van der Waals surface area contributed by atoms with Gasteiger partial charge >= 0.3 is 0 Å². The molecule has 1 aromatic rings. The molecule has 0 aromatic carbocycles. The van der Waals surface area contributed by atoms with Crippen molar-refractivity contribution < 1.29 is 0 Å². The van der Waals surface area contributed by atoms with Gasteiger partial charge in [0, 0.05) is 24.9 Å². The predicted octanol–water partition coefficient (Wildman–Crippen LogP) is 1.46. The van der Waals surface area contributed by atoms with Crippen LogP contribution in [0, 0.1) is 0 Å². The Labute approximate surface area is 90.9 Å². The summed E-state index contributed by atoms with van der Waals surface area (Å²) in [6.45, 7) is 5.23. The third-order valence-electron chi connectivity index (χ3n) is 3.33. The first-order valence-electron chi connectivity index (χ1n) is 5.87. The number of fused-ring (bicyclic) bond motifs is 1. The third kappa shape index (κ3) is 2.04. The van der Waals surface area contributed by atoms with E-state index in [9.17, 15) is 0 Å². The van der Waals surface area contributed by atoms with Crippen LogP contribution in [-0.4, -0.2) is 20.8 Å². The van der Waals surface area contributed by atoms with E-state index in [1.807, 2.05) is 6.92 Å². The van der Waals surface area contributed by atoms with Gasteiger partial charge in [0.2, 0.25) is 0 Å². The van der Waals surface area contributed by atoms with E-state index in [0.717, 1.165) is 24.6 Å². The molecule has 2 rings (SSSR count). The Kier molecular flexibility index (Phi) is 3.05. The van der Waals surface area contributed by atoms with Crippen LogP contribution in [0.1, 0.15) is 50.7 Å². The van der Waals surface area contributed by atoms with Crippen LogP contribution in [0.5, 0.6) is 0 Å². The highest BCUT2D eigenvalue weighted by molar-refractivity contribution is 5.04. The Morgan fingerprint density at radius 3 is 2.73 bits per heavy atom. The van der Waals surface area contributed by atoms with Gasteiger partial charge in [-0.3, -0.25) is 0 Å². The molecule has 15 heavy (non-hydrogen) atoms. The summed E-state index contributed by atoms with van der Waals surface area (Å²) >= 11 is 0. The van der Waals surface area contributed by atoms with Gasteiger partial charge in [-0.15, -0.1) is 10.2 Å². The molecular weight excluding hydrogens is 188 g/mol. The molecule has 1 aromatic heterocycles. The molecule has 0 radical (unpaired) electrons. The highest BCUT2D eigenvalue weighted by Gasteiger charge is 2.21. The molecule has 4 nitrogen and oxygen atoms in total. The van der Waals surface area contributed by atoms with Gasteiger partial charge < -0.3 is 10.3 Å². The second kappa shape index (κ2) is 4.31. The van der Waals surface area contributed by atoms with Crippen molar-refractivity contribution in [1.29, 1.82) is 0 Å². The summed E-state index contributed by atoms with van der Waals surface area (Å²) in [4.78, 5) is 0. The summed E-state index contributed by atoms with van der Waals surface area (Å²) in [7, 11) is 0. The maximum absolute atomic E-state index is 5.92. The molecule has 0 fully saturated rings. The minimum absolute atomic E-state index is 0.140. The van der Waals surface area contributed by atoms with Crippen molar-refractivity contribution in [2.24, 2.45) is 5.73 Å². The van der Waals surface area contributed by atoms with Crippen molar-refractivity contribution in [3.63, 3.8) is 0 Å². The largest absolute Gasteiger partial charge is 0.327 e. The summed E-state index contributed by atoms with van der Waals surface area (Å²) in [5.41, 5.74) is 5.92. The zero-order valence-electron chi connectivity index (χ0n) is 9.61. The van der Waals surface area contributed by atoms with Crippen molar-refractivity contribution in [2.45, 2.75) is 58.0 Å². The van der Waals surface area contributed by atoms with Crippen LogP contribution in [0.3, 0.4) is 0 Å². The van der Waals surface area contributed by atoms with Gasteiger partial charge in [-0.25, -0.2) is 0 Å². The maximum Gasteiger partial charge on any atom is 0.137 e. The quantitative estimate of drug-likeness (QED) is 0.800. The van der Waals surface area contributed by atoms with E-state index >= 15 is 0 Å². The molecule has 0 spiro atoms. The molecule has 1 aliphatic heterocycles. The molecule has 2 atom stereocenters. The van der Waals surface area contributed by atoms with E-state index in [2.05, 4.69) is 21.7 Å². The second-order valence-corrected chi connectivity index (χ2v) is 4.58. The van der Waals surface area contributed by atoms with Gasteiger partial charge in [0.1, 0.15) is 11.6 Å². The van der Waals surface area contributed by atoms with Gasteiger partial charge in [0.05, 0.1) is 0 Å². The van der Waals surface area contributed by atoms with Gasteiger partial charge in [0.25, 0.3) is 0 Å². The molecular formula is C11H20N4. The van der Waals surface area contributed by atoms with Crippen LogP contribution in [0.15, 0.2) is 0 Å². The lowest BCUT2D eigenvalue weighted by molar-refractivity contribution is 0.524. The lowest BCUT2D eigenvalue weighted by atomic mass is 10.0. The Morgan fingerprint density at radius 2 is 2.00 bits per heavy atom. The van der Waals surface area contributed by atoms with Gasteiger partial charge in [0.15, 0.2) is 0 Å². The predicted molar refractivity (Wildman–Crippen MR) is 59.6 cm³/mol. The fourth-order valence-corrected chi connectivity index (χ4v) is 2.08. The van der Waals surface area contributed by atoms with Crippen molar-refractivity contribution in [2.75, 3.05) is 0 Å². The standard InChI is InChI=1S/C11H20N4/c1-8(9(2)12)11-14-13-10-6-4-3-5-7-15(10)11/h8-9H,3-7,12H2,1-2H3. The van der Waals surface area contributed by atoms with E-state index in [4.69, 9.17) is 5.73 Å². The Balaban J connectivity index is 2.29. The molecule has 2 N–H and O–H groups in total. The van der Waals surface area contributed by atoms with E-state index in [1.165, 1.54) is 19.3 Å². The fraction of sp³-hybridized carbons (Fsp3) is 0.818. The van der Waals surface area contributed by atoms with E-state index in [-0.39, 0.29) is 6.04 Å². The van der Waals surface area contributed by atoms with Crippen LogP contribution >= 0.6 is 0 Å². The van der Waals surface area contributed by atoms with Crippen molar-refractivity contribution in [1.82, 2.24) is 14.8 Å². The molecule has 84 valence electrons. The molecule has 0 aliphatic carbocycles. The van der Waals surface area contributed by atoms with Crippen LogP contribution in [0.25, 0.3) is 0 Å². The fourth-order valence-electron chi connectivity index (χ4n) is 2.08. The maximum atomic E-state index is 5.92. The topological polar surface area (TPSA) is 56.7 Å².